The van der Waals surface area contributed by atoms with E-state index < -0.39 is 0 Å². The zero-order valence-corrected chi connectivity index (χ0v) is 14.6. The van der Waals surface area contributed by atoms with Crippen LogP contribution in [-0.4, -0.2) is 62.3 Å². The molecule has 1 saturated heterocycles. The second-order valence-electron chi connectivity index (χ2n) is 5.88. The minimum atomic E-state index is -0.0368. The van der Waals surface area contributed by atoms with Crippen molar-refractivity contribution in [1.82, 2.24) is 15.1 Å². The Morgan fingerprint density at radius 1 is 1.50 bits per heavy atom. The lowest BCUT2D eigenvalue weighted by Crippen LogP contribution is -2.46. The standard InChI is InChI=1S/C16H27N3O2S/c1-13(12-21-3)18(2)16(20)17-11-14(15-7-6-10-22-15)19-8-4-5-9-19/h6-7,10,13-14H,4-5,8-9,11-12H2,1-3H3,(H,17,20). The number of carbonyl (C=O) groups is 1. The molecule has 1 aromatic rings. The van der Waals surface area contributed by atoms with Crippen LogP contribution in [0.4, 0.5) is 4.79 Å². The fourth-order valence-electron chi connectivity index (χ4n) is 2.81. The van der Waals surface area contributed by atoms with Crippen LogP contribution in [0, 0.1) is 0 Å². The number of carbonyl (C=O) groups excluding carboxylic acids is 1. The number of hydrogen-bond donors (Lipinski definition) is 1. The maximum atomic E-state index is 12.3. The van der Waals surface area contributed by atoms with Gasteiger partial charge in [0.15, 0.2) is 0 Å². The van der Waals surface area contributed by atoms with Crippen molar-refractivity contribution in [2.45, 2.75) is 31.8 Å². The smallest absolute Gasteiger partial charge is 0.317 e. The number of likely N-dealkylation sites (N-methyl/N-ethyl adjacent to an activating group) is 1. The monoisotopic (exact) mass is 325 g/mol. The summed E-state index contributed by atoms with van der Waals surface area (Å²) in [6.07, 6.45) is 2.50. The Morgan fingerprint density at radius 2 is 2.23 bits per heavy atom. The number of methoxy groups -OCH3 is 1. The van der Waals surface area contributed by atoms with E-state index in [1.165, 1.54) is 17.7 Å². The zero-order valence-electron chi connectivity index (χ0n) is 13.7. The molecule has 2 rings (SSSR count). The van der Waals surface area contributed by atoms with Gasteiger partial charge in [0, 0.05) is 25.6 Å². The molecule has 2 heterocycles. The predicted octanol–water partition coefficient (Wildman–Crippen LogP) is 2.56. The van der Waals surface area contributed by atoms with E-state index in [0.717, 1.165) is 13.1 Å². The summed E-state index contributed by atoms with van der Waals surface area (Å²) in [5.41, 5.74) is 0. The molecule has 2 atom stereocenters. The predicted molar refractivity (Wildman–Crippen MR) is 90.4 cm³/mol. The van der Waals surface area contributed by atoms with Crippen LogP contribution in [0.15, 0.2) is 17.5 Å². The average molecular weight is 325 g/mol. The Morgan fingerprint density at radius 3 is 2.82 bits per heavy atom. The highest BCUT2D eigenvalue weighted by atomic mass is 32.1. The molecular formula is C16H27N3O2S. The molecule has 0 aromatic carbocycles. The largest absolute Gasteiger partial charge is 0.383 e. The quantitative estimate of drug-likeness (QED) is 0.838. The normalized spacial score (nSPS) is 18.1. The number of hydrogen-bond acceptors (Lipinski definition) is 4. The molecule has 22 heavy (non-hydrogen) atoms. The van der Waals surface area contributed by atoms with Crippen LogP contribution in [0.1, 0.15) is 30.7 Å². The van der Waals surface area contributed by atoms with Gasteiger partial charge in [-0.15, -0.1) is 11.3 Å². The number of thiophene rings is 1. The number of nitrogens with zero attached hydrogens (tertiary/aromatic N) is 2. The van der Waals surface area contributed by atoms with Gasteiger partial charge in [0.1, 0.15) is 0 Å². The maximum Gasteiger partial charge on any atom is 0.317 e. The molecule has 1 N–H and O–H groups in total. The molecule has 1 aliphatic rings. The SMILES string of the molecule is COCC(C)N(C)C(=O)NCC(c1cccs1)N1CCCC1. The molecule has 0 radical (unpaired) electrons. The lowest BCUT2D eigenvalue weighted by Gasteiger charge is -2.29. The third-order valence-corrected chi connectivity index (χ3v) is 5.26. The first kappa shape index (κ1) is 17.2. The first-order chi connectivity index (χ1) is 10.6. The van der Waals surface area contributed by atoms with Gasteiger partial charge in [0.2, 0.25) is 0 Å². The number of urea groups is 1. The van der Waals surface area contributed by atoms with E-state index in [0.29, 0.717) is 13.2 Å². The fourth-order valence-corrected chi connectivity index (χ4v) is 3.67. The number of rotatable bonds is 7. The second-order valence-corrected chi connectivity index (χ2v) is 6.85. The van der Waals surface area contributed by atoms with Crippen LogP contribution >= 0.6 is 11.3 Å². The number of nitrogens with one attached hydrogen (secondary N) is 1. The molecule has 0 bridgehead atoms. The van der Waals surface area contributed by atoms with Crippen LogP contribution in [0.5, 0.6) is 0 Å². The Balaban J connectivity index is 1.92. The fraction of sp³-hybridized carbons (Fsp3) is 0.688. The van der Waals surface area contributed by atoms with Crippen molar-refractivity contribution in [3.63, 3.8) is 0 Å². The van der Waals surface area contributed by atoms with Crippen molar-refractivity contribution in [3.05, 3.63) is 22.4 Å². The Hall–Kier alpha value is -1.11. The van der Waals surface area contributed by atoms with E-state index in [9.17, 15) is 4.79 Å². The molecular weight excluding hydrogens is 298 g/mol. The molecule has 0 saturated carbocycles. The van der Waals surface area contributed by atoms with Crippen molar-refractivity contribution in [3.8, 4) is 0 Å². The highest BCUT2D eigenvalue weighted by Crippen LogP contribution is 2.27. The van der Waals surface area contributed by atoms with Gasteiger partial charge < -0.3 is 15.0 Å². The topological polar surface area (TPSA) is 44.8 Å². The molecule has 2 amide bonds. The first-order valence-corrected chi connectivity index (χ1v) is 8.78. The third kappa shape index (κ3) is 4.44. The summed E-state index contributed by atoms with van der Waals surface area (Å²) >= 11 is 1.77. The number of amides is 2. The summed E-state index contributed by atoms with van der Waals surface area (Å²) in [7, 11) is 3.47. The van der Waals surface area contributed by atoms with E-state index in [1.807, 2.05) is 14.0 Å². The van der Waals surface area contributed by atoms with Crippen molar-refractivity contribution >= 4 is 17.4 Å². The van der Waals surface area contributed by atoms with Crippen molar-refractivity contribution < 1.29 is 9.53 Å². The molecule has 1 fully saturated rings. The van der Waals surface area contributed by atoms with Gasteiger partial charge in [-0.2, -0.15) is 0 Å². The van der Waals surface area contributed by atoms with Crippen LogP contribution < -0.4 is 5.32 Å². The summed E-state index contributed by atoms with van der Waals surface area (Å²) in [6.45, 7) is 5.43. The molecule has 2 unspecified atom stereocenters. The molecule has 1 aromatic heterocycles. The highest BCUT2D eigenvalue weighted by molar-refractivity contribution is 7.10. The molecule has 6 heteroatoms. The summed E-state index contributed by atoms with van der Waals surface area (Å²) < 4.78 is 5.11. The minimum Gasteiger partial charge on any atom is -0.383 e. The van der Waals surface area contributed by atoms with Gasteiger partial charge in [-0.25, -0.2) is 4.79 Å². The number of ether oxygens (including phenoxy) is 1. The Kier molecular flexibility index (Phi) is 6.67. The van der Waals surface area contributed by atoms with E-state index in [-0.39, 0.29) is 18.1 Å². The Labute approximate surface area is 137 Å². The van der Waals surface area contributed by atoms with Crippen molar-refractivity contribution in [2.24, 2.45) is 0 Å². The Bertz CT molecular complexity index is 446. The second kappa shape index (κ2) is 8.50. The zero-order chi connectivity index (χ0) is 15.9. The highest BCUT2D eigenvalue weighted by Gasteiger charge is 2.25. The summed E-state index contributed by atoms with van der Waals surface area (Å²) in [6, 6.07) is 4.56. The summed E-state index contributed by atoms with van der Waals surface area (Å²) in [5.74, 6) is 0. The molecule has 5 nitrogen and oxygen atoms in total. The molecule has 1 aliphatic heterocycles. The van der Waals surface area contributed by atoms with Crippen LogP contribution in [0.25, 0.3) is 0 Å². The molecule has 0 aliphatic carbocycles. The summed E-state index contributed by atoms with van der Waals surface area (Å²) in [4.78, 5) is 17.8. The molecule has 124 valence electrons. The van der Waals surface area contributed by atoms with Crippen molar-refractivity contribution in [2.75, 3.05) is 40.4 Å². The lowest BCUT2D eigenvalue weighted by molar-refractivity contribution is 0.122. The van der Waals surface area contributed by atoms with Crippen molar-refractivity contribution in [1.29, 1.82) is 0 Å². The maximum absolute atomic E-state index is 12.3. The van der Waals surface area contributed by atoms with Gasteiger partial charge in [-0.3, -0.25) is 4.90 Å². The van der Waals surface area contributed by atoms with Gasteiger partial charge >= 0.3 is 6.03 Å². The van der Waals surface area contributed by atoms with E-state index in [4.69, 9.17) is 4.74 Å². The van der Waals surface area contributed by atoms with Gasteiger partial charge in [-0.1, -0.05) is 6.07 Å². The van der Waals surface area contributed by atoms with E-state index >= 15 is 0 Å². The van der Waals surface area contributed by atoms with E-state index in [1.54, 1.807) is 23.3 Å². The van der Waals surface area contributed by atoms with Crippen LogP contribution in [0.3, 0.4) is 0 Å². The third-order valence-electron chi connectivity index (χ3n) is 4.29. The van der Waals surface area contributed by atoms with Gasteiger partial charge in [0.25, 0.3) is 0 Å². The lowest BCUT2D eigenvalue weighted by atomic mass is 10.2. The van der Waals surface area contributed by atoms with Gasteiger partial charge in [-0.05, 0) is 44.3 Å². The van der Waals surface area contributed by atoms with Crippen LogP contribution in [0.2, 0.25) is 0 Å². The first-order valence-electron chi connectivity index (χ1n) is 7.90. The molecule has 0 spiro atoms. The average Bonchev–Trinajstić information content (AvgIpc) is 3.20. The number of likely N-dealkylation sites (tertiary alicyclic amines) is 1. The minimum absolute atomic E-state index is 0.0368. The summed E-state index contributed by atoms with van der Waals surface area (Å²) in [5, 5.41) is 5.19. The van der Waals surface area contributed by atoms with Crippen LogP contribution in [-0.2, 0) is 4.74 Å². The van der Waals surface area contributed by atoms with E-state index in [2.05, 4.69) is 27.7 Å². The van der Waals surface area contributed by atoms with Gasteiger partial charge in [0.05, 0.1) is 18.7 Å².